The highest BCUT2D eigenvalue weighted by atomic mass is 16.5. The fraction of sp³-hybridized carbons (Fsp3) is 0.684. The van der Waals surface area contributed by atoms with Crippen molar-refractivity contribution < 1.29 is 4.74 Å². The van der Waals surface area contributed by atoms with Crippen molar-refractivity contribution >= 4 is 0 Å². The third-order valence-electron chi connectivity index (χ3n) is 6.28. The molecule has 0 aromatic heterocycles. The first-order chi connectivity index (χ1) is 10.3. The zero-order chi connectivity index (χ0) is 13.9. The Labute approximate surface area is 127 Å². The fourth-order valence-corrected chi connectivity index (χ4v) is 4.96. The molecule has 0 radical (unpaired) electrons. The van der Waals surface area contributed by atoms with E-state index in [0.717, 1.165) is 30.2 Å². The fourth-order valence-electron chi connectivity index (χ4n) is 4.96. The smallest absolute Gasteiger partial charge is 0.122 e. The molecule has 0 bridgehead atoms. The molecule has 3 unspecified atom stereocenters. The average Bonchev–Trinajstić information content (AvgIpc) is 3.40. The van der Waals surface area contributed by atoms with Gasteiger partial charge in [0.05, 0.1) is 6.61 Å². The van der Waals surface area contributed by atoms with Gasteiger partial charge in [0.2, 0.25) is 0 Å². The summed E-state index contributed by atoms with van der Waals surface area (Å²) in [6.45, 7) is 2.16. The molecule has 1 N–H and O–H groups in total. The van der Waals surface area contributed by atoms with E-state index in [-0.39, 0.29) is 0 Å². The van der Waals surface area contributed by atoms with Gasteiger partial charge in [-0.15, -0.1) is 0 Å². The summed E-state index contributed by atoms with van der Waals surface area (Å²) in [7, 11) is 0. The number of benzene rings is 1. The SMILES string of the molecule is c1ccc2c(c1)OCC2CC1(CNC2CC2)CC2CC2C1. The van der Waals surface area contributed by atoms with Gasteiger partial charge in [0, 0.05) is 24.1 Å². The van der Waals surface area contributed by atoms with Crippen LogP contribution in [0.3, 0.4) is 0 Å². The van der Waals surface area contributed by atoms with Crippen molar-refractivity contribution in [2.75, 3.05) is 13.2 Å². The van der Waals surface area contributed by atoms with Crippen molar-refractivity contribution in [1.82, 2.24) is 5.32 Å². The van der Waals surface area contributed by atoms with Gasteiger partial charge in [-0.2, -0.15) is 0 Å². The van der Waals surface area contributed by atoms with Gasteiger partial charge in [-0.3, -0.25) is 0 Å². The molecular formula is C19H25NO. The molecule has 3 fully saturated rings. The first-order valence-corrected chi connectivity index (χ1v) is 8.76. The number of nitrogens with one attached hydrogen (secondary N) is 1. The van der Waals surface area contributed by atoms with Crippen molar-refractivity contribution in [2.45, 2.75) is 50.5 Å². The molecule has 0 amide bonds. The van der Waals surface area contributed by atoms with E-state index in [0.29, 0.717) is 11.3 Å². The van der Waals surface area contributed by atoms with E-state index in [1.165, 1.54) is 50.6 Å². The van der Waals surface area contributed by atoms with Gasteiger partial charge < -0.3 is 10.1 Å². The molecule has 21 heavy (non-hydrogen) atoms. The standard InChI is InChI=1S/C19H25NO/c1-2-4-18-17(3-1)15(11-21-18)10-19(12-20-16-5-6-16)8-13-7-14(13)9-19/h1-4,13-16,20H,5-12H2. The molecule has 112 valence electrons. The van der Waals surface area contributed by atoms with Crippen LogP contribution in [0.2, 0.25) is 0 Å². The molecule has 4 aliphatic rings. The van der Waals surface area contributed by atoms with Crippen LogP contribution in [0.1, 0.15) is 50.0 Å². The second-order valence-electron chi connectivity index (χ2n) is 8.07. The molecule has 1 heterocycles. The van der Waals surface area contributed by atoms with E-state index in [2.05, 4.69) is 29.6 Å². The van der Waals surface area contributed by atoms with Gasteiger partial charge in [-0.05, 0) is 61.8 Å². The Morgan fingerprint density at radius 1 is 1.14 bits per heavy atom. The van der Waals surface area contributed by atoms with Gasteiger partial charge in [-0.1, -0.05) is 18.2 Å². The zero-order valence-corrected chi connectivity index (χ0v) is 12.7. The Morgan fingerprint density at radius 3 is 2.76 bits per heavy atom. The minimum Gasteiger partial charge on any atom is -0.493 e. The molecule has 5 rings (SSSR count). The topological polar surface area (TPSA) is 21.3 Å². The van der Waals surface area contributed by atoms with Gasteiger partial charge >= 0.3 is 0 Å². The van der Waals surface area contributed by atoms with Crippen molar-refractivity contribution in [3.8, 4) is 5.75 Å². The molecule has 3 atom stereocenters. The summed E-state index contributed by atoms with van der Waals surface area (Å²) in [5.74, 6) is 3.88. The summed E-state index contributed by atoms with van der Waals surface area (Å²) in [6.07, 6.45) is 8.59. The lowest BCUT2D eigenvalue weighted by molar-refractivity contribution is 0.196. The van der Waals surface area contributed by atoms with E-state index in [1.807, 2.05) is 0 Å². The van der Waals surface area contributed by atoms with Crippen LogP contribution in [0.15, 0.2) is 24.3 Å². The number of rotatable bonds is 5. The van der Waals surface area contributed by atoms with Gasteiger partial charge in [-0.25, -0.2) is 0 Å². The number of para-hydroxylation sites is 1. The van der Waals surface area contributed by atoms with Crippen LogP contribution in [0, 0.1) is 17.3 Å². The van der Waals surface area contributed by atoms with Crippen LogP contribution in [0.25, 0.3) is 0 Å². The van der Waals surface area contributed by atoms with E-state index in [9.17, 15) is 0 Å². The minimum absolute atomic E-state index is 0.557. The third kappa shape index (κ3) is 2.28. The molecule has 0 spiro atoms. The van der Waals surface area contributed by atoms with Crippen LogP contribution < -0.4 is 10.1 Å². The molecule has 2 nitrogen and oxygen atoms in total. The largest absolute Gasteiger partial charge is 0.493 e. The summed E-state index contributed by atoms with van der Waals surface area (Å²) in [4.78, 5) is 0. The second-order valence-corrected chi connectivity index (χ2v) is 8.07. The summed E-state index contributed by atoms with van der Waals surface area (Å²) in [5, 5.41) is 3.84. The van der Waals surface area contributed by atoms with Gasteiger partial charge in [0.15, 0.2) is 0 Å². The molecule has 1 aromatic rings. The van der Waals surface area contributed by atoms with Crippen LogP contribution >= 0.6 is 0 Å². The van der Waals surface area contributed by atoms with Crippen LogP contribution in [0.5, 0.6) is 5.75 Å². The van der Waals surface area contributed by atoms with Gasteiger partial charge in [0.25, 0.3) is 0 Å². The average molecular weight is 283 g/mol. The summed E-state index contributed by atoms with van der Waals surface area (Å²) < 4.78 is 5.92. The van der Waals surface area contributed by atoms with E-state index in [1.54, 1.807) is 0 Å². The van der Waals surface area contributed by atoms with Crippen molar-refractivity contribution in [3.63, 3.8) is 0 Å². The Hall–Kier alpha value is -1.02. The Morgan fingerprint density at radius 2 is 1.95 bits per heavy atom. The Kier molecular flexibility index (Phi) is 2.67. The lowest BCUT2D eigenvalue weighted by Gasteiger charge is -2.34. The molecule has 3 aliphatic carbocycles. The quantitative estimate of drug-likeness (QED) is 0.889. The minimum atomic E-state index is 0.557. The van der Waals surface area contributed by atoms with Gasteiger partial charge in [0.1, 0.15) is 5.75 Å². The molecule has 3 saturated carbocycles. The number of hydrogen-bond acceptors (Lipinski definition) is 2. The Bertz CT molecular complexity index is 540. The summed E-state index contributed by atoms with van der Waals surface area (Å²) in [5.41, 5.74) is 2.02. The Balaban J connectivity index is 1.34. The summed E-state index contributed by atoms with van der Waals surface area (Å²) >= 11 is 0. The van der Waals surface area contributed by atoms with E-state index >= 15 is 0 Å². The van der Waals surface area contributed by atoms with E-state index < -0.39 is 0 Å². The lowest BCUT2D eigenvalue weighted by Crippen LogP contribution is -2.36. The maximum Gasteiger partial charge on any atom is 0.122 e. The van der Waals surface area contributed by atoms with Crippen LogP contribution in [-0.2, 0) is 0 Å². The van der Waals surface area contributed by atoms with Crippen LogP contribution in [0.4, 0.5) is 0 Å². The molecule has 0 saturated heterocycles. The molecular weight excluding hydrogens is 258 g/mol. The van der Waals surface area contributed by atoms with Crippen molar-refractivity contribution in [3.05, 3.63) is 29.8 Å². The number of hydrogen-bond donors (Lipinski definition) is 1. The maximum atomic E-state index is 5.92. The second kappa shape index (κ2) is 4.49. The lowest BCUT2D eigenvalue weighted by atomic mass is 9.74. The highest BCUT2D eigenvalue weighted by molar-refractivity contribution is 5.39. The molecule has 2 heteroatoms. The van der Waals surface area contributed by atoms with Crippen molar-refractivity contribution in [1.29, 1.82) is 0 Å². The monoisotopic (exact) mass is 283 g/mol. The number of ether oxygens (including phenoxy) is 1. The number of fused-ring (bicyclic) bond motifs is 2. The predicted molar refractivity (Wildman–Crippen MR) is 83.6 cm³/mol. The predicted octanol–water partition coefficient (Wildman–Crippen LogP) is 3.72. The highest BCUT2D eigenvalue weighted by Crippen LogP contribution is 2.62. The highest BCUT2D eigenvalue weighted by Gasteiger charge is 2.54. The first-order valence-electron chi connectivity index (χ1n) is 8.76. The molecule has 1 aliphatic heterocycles. The van der Waals surface area contributed by atoms with Crippen LogP contribution in [-0.4, -0.2) is 19.2 Å². The van der Waals surface area contributed by atoms with Crippen molar-refractivity contribution in [2.24, 2.45) is 17.3 Å². The molecule has 1 aromatic carbocycles. The summed E-state index contributed by atoms with van der Waals surface area (Å²) in [6, 6.07) is 9.52. The van der Waals surface area contributed by atoms with E-state index in [4.69, 9.17) is 4.74 Å². The third-order valence-corrected chi connectivity index (χ3v) is 6.28. The first kappa shape index (κ1) is 12.5. The maximum absolute atomic E-state index is 5.92. The zero-order valence-electron chi connectivity index (χ0n) is 12.7. The normalized spacial score (nSPS) is 39.7.